The predicted molar refractivity (Wildman–Crippen MR) is 240 cm³/mol. The lowest BCUT2D eigenvalue weighted by Gasteiger charge is -2.13. The average molecular weight is 726 g/mol. The number of para-hydroxylation sites is 4. The van der Waals surface area contributed by atoms with E-state index < -0.39 is 0 Å². The monoisotopic (exact) mass is 725 g/mol. The Hall–Kier alpha value is -7.62. The van der Waals surface area contributed by atoms with Gasteiger partial charge >= 0.3 is 0 Å². The third-order valence-electron chi connectivity index (χ3n) is 11.8. The third kappa shape index (κ3) is 4.79. The van der Waals surface area contributed by atoms with Gasteiger partial charge in [0.2, 0.25) is 0 Å². The molecule has 3 nitrogen and oxygen atoms in total. The largest absolute Gasteiger partial charge is 0.309 e. The van der Waals surface area contributed by atoms with E-state index in [-0.39, 0.29) is 0 Å². The SMILES string of the molecule is c1ccc(-c2ccc(-n3c4ccc(-c5ccc6c(c5)c5ccccc5n6-c5ccccc5)cc4c4ccc5c6ccccc6n(-c6ccccc6)c5c43)cc2)cc1. The van der Waals surface area contributed by atoms with E-state index in [1.165, 1.54) is 93.4 Å². The summed E-state index contributed by atoms with van der Waals surface area (Å²) in [4.78, 5) is 0. The maximum atomic E-state index is 2.49. The fraction of sp³-hybridized carbons (Fsp3) is 0. The summed E-state index contributed by atoms with van der Waals surface area (Å²) in [5.74, 6) is 0. The maximum absolute atomic E-state index is 2.49. The average Bonchev–Trinajstić information content (AvgIpc) is 3.93. The molecule has 12 aromatic rings. The van der Waals surface area contributed by atoms with E-state index in [2.05, 4.69) is 226 Å². The molecule has 57 heavy (non-hydrogen) atoms. The van der Waals surface area contributed by atoms with Crippen LogP contribution in [0.3, 0.4) is 0 Å². The van der Waals surface area contributed by atoms with Crippen molar-refractivity contribution in [1.82, 2.24) is 13.7 Å². The minimum Gasteiger partial charge on any atom is -0.309 e. The van der Waals surface area contributed by atoms with Gasteiger partial charge in [-0.3, -0.25) is 0 Å². The van der Waals surface area contributed by atoms with Crippen LogP contribution in [0.5, 0.6) is 0 Å². The van der Waals surface area contributed by atoms with Gasteiger partial charge in [-0.25, -0.2) is 0 Å². The molecule has 0 radical (unpaired) electrons. The van der Waals surface area contributed by atoms with Crippen molar-refractivity contribution >= 4 is 65.4 Å². The number of aromatic nitrogens is 3. The van der Waals surface area contributed by atoms with Gasteiger partial charge in [0.05, 0.1) is 33.1 Å². The molecular formula is C54H35N3. The summed E-state index contributed by atoms with van der Waals surface area (Å²) in [5, 5.41) is 7.46. The van der Waals surface area contributed by atoms with Crippen LogP contribution in [0.1, 0.15) is 0 Å². The molecule has 0 atom stereocenters. The summed E-state index contributed by atoms with van der Waals surface area (Å²) < 4.78 is 7.32. The molecule has 0 N–H and O–H groups in total. The van der Waals surface area contributed by atoms with Gasteiger partial charge in [-0.2, -0.15) is 0 Å². The number of hydrogen-bond donors (Lipinski definition) is 0. The van der Waals surface area contributed by atoms with E-state index >= 15 is 0 Å². The highest BCUT2D eigenvalue weighted by molar-refractivity contribution is 6.24. The van der Waals surface area contributed by atoms with Gasteiger partial charge in [0, 0.05) is 49.4 Å². The lowest BCUT2D eigenvalue weighted by Crippen LogP contribution is -1.98. The molecule has 9 aromatic carbocycles. The molecule has 3 aromatic heterocycles. The van der Waals surface area contributed by atoms with Crippen molar-refractivity contribution < 1.29 is 0 Å². The Balaban J connectivity index is 1.14. The molecule has 0 aliphatic heterocycles. The van der Waals surface area contributed by atoms with Crippen molar-refractivity contribution in [3.63, 3.8) is 0 Å². The minimum atomic E-state index is 1.13. The Kier molecular flexibility index (Phi) is 6.93. The first kappa shape index (κ1) is 31.7. The number of nitrogens with zero attached hydrogens (tertiary/aromatic N) is 3. The van der Waals surface area contributed by atoms with Crippen LogP contribution in [0.4, 0.5) is 0 Å². The molecule has 0 fully saturated rings. The van der Waals surface area contributed by atoms with Gasteiger partial charge in [-0.15, -0.1) is 0 Å². The molecule has 0 amide bonds. The standard InChI is InChI=1S/C54H35N3/c1-4-14-36(15-5-1)37-24-28-42(29-25-37)57-52-33-27-39(38-26-32-51-47(34-38)44-21-11-12-22-49(44)55(51)40-16-6-2-7-17-40)35-48(52)46-31-30-45-43-20-10-13-23-50(43)56(53(45)54(46)57)41-18-8-3-9-19-41/h1-35H. The van der Waals surface area contributed by atoms with Crippen molar-refractivity contribution in [1.29, 1.82) is 0 Å². The van der Waals surface area contributed by atoms with Crippen LogP contribution in [-0.2, 0) is 0 Å². The lowest BCUT2D eigenvalue weighted by molar-refractivity contribution is 1.15. The van der Waals surface area contributed by atoms with Gasteiger partial charge < -0.3 is 13.7 Å². The van der Waals surface area contributed by atoms with E-state index in [0.29, 0.717) is 0 Å². The maximum Gasteiger partial charge on any atom is 0.0788 e. The zero-order valence-electron chi connectivity index (χ0n) is 31.0. The second kappa shape index (κ2) is 12.5. The smallest absolute Gasteiger partial charge is 0.0788 e. The van der Waals surface area contributed by atoms with Crippen LogP contribution in [0.2, 0.25) is 0 Å². The number of benzene rings is 9. The number of hydrogen-bond acceptors (Lipinski definition) is 0. The van der Waals surface area contributed by atoms with Gasteiger partial charge in [0.15, 0.2) is 0 Å². The van der Waals surface area contributed by atoms with Crippen LogP contribution >= 0.6 is 0 Å². The predicted octanol–water partition coefficient (Wildman–Crippen LogP) is 14.3. The Morgan fingerprint density at radius 3 is 1.18 bits per heavy atom. The number of fused-ring (bicyclic) bond motifs is 10. The number of rotatable bonds is 5. The van der Waals surface area contributed by atoms with Crippen molar-refractivity contribution in [2.45, 2.75) is 0 Å². The summed E-state index contributed by atoms with van der Waals surface area (Å²) in [6, 6.07) is 77.4. The highest BCUT2D eigenvalue weighted by Crippen LogP contribution is 2.43. The molecule has 0 saturated carbocycles. The molecule has 12 rings (SSSR count). The highest BCUT2D eigenvalue weighted by atomic mass is 15.0. The van der Waals surface area contributed by atoms with E-state index in [1.54, 1.807) is 0 Å². The topological polar surface area (TPSA) is 14.8 Å². The zero-order chi connectivity index (χ0) is 37.5. The van der Waals surface area contributed by atoms with Gasteiger partial charge in [-0.1, -0.05) is 140 Å². The van der Waals surface area contributed by atoms with E-state index in [4.69, 9.17) is 0 Å². The third-order valence-corrected chi connectivity index (χ3v) is 11.8. The van der Waals surface area contributed by atoms with Crippen LogP contribution in [0.15, 0.2) is 212 Å². The molecule has 0 spiro atoms. The van der Waals surface area contributed by atoms with Gasteiger partial charge in [0.25, 0.3) is 0 Å². The van der Waals surface area contributed by atoms with E-state index in [9.17, 15) is 0 Å². The molecule has 3 heteroatoms. The quantitative estimate of drug-likeness (QED) is 0.168. The Morgan fingerprint density at radius 2 is 0.579 bits per heavy atom. The van der Waals surface area contributed by atoms with Gasteiger partial charge in [0.1, 0.15) is 0 Å². The summed E-state index contributed by atoms with van der Waals surface area (Å²) >= 11 is 0. The second-order valence-corrected chi connectivity index (χ2v) is 14.9. The molecule has 0 aliphatic carbocycles. The zero-order valence-corrected chi connectivity index (χ0v) is 31.0. The molecule has 3 heterocycles. The van der Waals surface area contributed by atoms with Crippen LogP contribution in [0, 0.1) is 0 Å². The molecule has 266 valence electrons. The normalized spacial score (nSPS) is 11.9. The Morgan fingerprint density at radius 1 is 0.211 bits per heavy atom. The van der Waals surface area contributed by atoms with Crippen molar-refractivity contribution in [3.05, 3.63) is 212 Å². The Labute approximate surface area is 329 Å². The summed E-state index contributed by atoms with van der Waals surface area (Å²) in [6.07, 6.45) is 0. The van der Waals surface area contributed by atoms with Crippen molar-refractivity contribution in [2.24, 2.45) is 0 Å². The van der Waals surface area contributed by atoms with Crippen molar-refractivity contribution in [3.8, 4) is 39.3 Å². The fourth-order valence-electron chi connectivity index (χ4n) is 9.29. The van der Waals surface area contributed by atoms with Crippen molar-refractivity contribution in [2.75, 3.05) is 0 Å². The molecule has 0 aliphatic rings. The van der Waals surface area contributed by atoms with Gasteiger partial charge in [-0.05, 0) is 95.1 Å². The van der Waals surface area contributed by atoms with Crippen LogP contribution in [0.25, 0.3) is 105 Å². The van der Waals surface area contributed by atoms with Crippen LogP contribution < -0.4 is 0 Å². The fourth-order valence-corrected chi connectivity index (χ4v) is 9.29. The molecule has 0 saturated heterocycles. The first-order chi connectivity index (χ1) is 28.3. The highest BCUT2D eigenvalue weighted by Gasteiger charge is 2.22. The summed E-state index contributed by atoms with van der Waals surface area (Å²) in [7, 11) is 0. The molecule has 0 unspecified atom stereocenters. The summed E-state index contributed by atoms with van der Waals surface area (Å²) in [6.45, 7) is 0. The Bertz CT molecular complexity index is 3480. The van der Waals surface area contributed by atoms with Crippen LogP contribution in [-0.4, -0.2) is 13.7 Å². The van der Waals surface area contributed by atoms with E-state index in [1.807, 2.05) is 0 Å². The lowest BCUT2D eigenvalue weighted by atomic mass is 10.0. The summed E-state index contributed by atoms with van der Waals surface area (Å²) in [5.41, 5.74) is 15.5. The molecule has 0 bridgehead atoms. The first-order valence-corrected chi connectivity index (χ1v) is 19.6. The first-order valence-electron chi connectivity index (χ1n) is 19.6. The van der Waals surface area contributed by atoms with E-state index in [0.717, 1.165) is 11.4 Å². The minimum absolute atomic E-state index is 1.13. The second-order valence-electron chi connectivity index (χ2n) is 14.9. The molecular weight excluding hydrogens is 691 g/mol.